The number of ether oxygens (including phenoxy) is 1. The number of esters is 1. The van der Waals surface area contributed by atoms with E-state index < -0.39 is 18.5 Å². The lowest BCUT2D eigenvalue weighted by Gasteiger charge is -2.28. The minimum absolute atomic E-state index is 0.140. The average molecular weight is 517 g/mol. The zero-order valence-electron chi connectivity index (χ0n) is 19.9. The molecule has 1 saturated heterocycles. The number of anilines is 2. The smallest absolute Gasteiger partial charge is 0.338 e. The number of benzene rings is 3. The molecule has 0 spiro atoms. The van der Waals surface area contributed by atoms with E-state index in [9.17, 15) is 19.2 Å². The van der Waals surface area contributed by atoms with Crippen molar-refractivity contribution in [1.82, 2.24) is 0 Å². The highest BCUT2D eigenvalue weighted by atomic mass is 35.5. The van der Waals surface area contributed by atoms with Gasteiger partial charge in [-0.15, -0.1) is 0 Å². The van der Waals surface area contributed by atoms with Crippen LogP contribution in [-0.2, 0) is 19.1 Å². The maximum absolute atomic E-state index is 13.3. The summed E-state index contributed by atoms with van der Waals surface area (Å²) in [7, 11) is 0. The summed E-state index contributed by atoms with van der Waals surface area (Å²) in [6.07, 6.45) is 2.12. The molecule has 2 aliphatic rings. The van der Waals surface area contributed by atoms with Gasteiger partial charge in [-0.05, 0) is 61.1 Å². The molecular formula is C29H25ClN2O5. The van der Waals surface area contributed by atoms with Crippen LogP contribution >= 0.6 is 11.6 Å². The van der Waals surface area contributed by atoms with E-state index in [2.05, 4.69) is 17.4 Å². The van der Waals surface area contributed by atoms with Crippen LogP contribution in [0.5, 0.6) is 0 Å². The summed E-state index contributed by atoms with van der Waals surface area (Å²) in [5.41, 5.74) is 2.06. The monoisotopic (exact) mass is 516 g/mol. The third-order valence-corrected chi connectivity index (χ3v) is 7.35. The molecule has 37 heavy (non-hydrogen) atoms. The fourth-order valence-electron chi connectivity index (χ4n) is 5.20. The third-order valence-electron chi connectivity index (χ3n) is 7.02. The number of imide groups is 1. The van der Waals surface area contributed by atoms with Gasteiger partial charge in [0.05, 0.1) is 33.8 Å². The van der Waals surface area contributed by atoms with E-state index in [4.69, 9.17) is 16.3 Å². The molecule has 0 unspecified atom stereocenters. The molecule has 5 rings (SSSR count). The number of hydrogen-bond donors (Lipinski definition) is 1. The van der Waals surface area contributed by atoms with Crippen LogP contribution in [0.25, 0.3) is 0 Å². The second kappa shape index (κ2) is 10.6. The molecule has 188 valence electrons. The van der Waals surface area contributed by atoms with Crippen LogP contribution in [0.4, 0.5) is 11.4 Å². The van der Waals surface area contributed by atoms with Gasteiger partial charge in [0.25, 0.3) is 5.91 Å². The molecule has 3 amide bonds. The molecule has 8 heteroatoms. The van der Waals surface area contributed by atoms with E-state index in [0.717, 1.165) is 6.42 Å². The highest BCUT2D eigenvalue weighted by molar-refractivity contribution is 6.33. The van der Waals surface area contributed by atoms with Gasteiger partial charge >= 0.3 is 5.97 Å². The van der Waals surface area contributed by atoms with Crippen LogP contribution in [0.3, 0.4) is 0 Å². The van der Waals surface area contributed by atoms with Gasteiger partial charge in [-0.1, -0.05) is 60.1 Å². The topological polar surface area (TPSA) is 92.8 Å². The van der Waals surface area contributed by atoms with Crippen LogP contribution in [0.1, 0.15) is 41.1 Å². The fourth-order valence-corrected chi connectivity index (χ4v) is 5.38. The molecule has 1 N–H and O–H groups in total. The van der Waals surface area contributed by atoms with Crippen LogP contribution in [-0.4, -0.2) is 30.3 Å². The first kappa shape index (κ1) is 24.7. The number of fused-ring (bicyclic) bond motifs is 1. The summed E-state index contributed by atoms with van der Waals surface area (Å²) in [4.78, 5) is 52.6. The molecule has 0 aromatic heterocycles. The van der Waals surface area contributed by atoms with Crippen LogP contribution in [0, 0.1) is 11.8 Å². The van der Waals surface area contributed by atoms with Crippen molar-refractivity contribution >= 4 is 46.7 Å². The lowest BCUT2D eigenvalue weighted by atomic mass is 9.73. The van der Waals surface area contributed by atoms with Crippen molar-refractivity contribution in [2.24, 2.45) is 11.8 Å². The first-order valence-corrected chi connectivity index (χ1v) is 12.5. The zero-order valence-corrected chi connectivity index (χ0v) is 20.7. The summed E-state index contributed by atoms with van der Waals surface area (Å²) in [5.74, 6) is -2.24. The van der Waals surface area contributed by atoms with Gasteiger partial charge in [-0.3, -0.25) is 19.3 Å². The van der Waals surface area contributed by atoms with Gasteiger partial charge < -0.3 is 10.1 Å². The number of carbonyl (C=O) groups excluding carboxylic acids is 4. The number of hydrogen-bond acceptors (Lipinski definition) is 5. The van der Waals surface area contributed by atoms with E-state index in [0.29, 0.717) is 29.2 Å². The van der Waals surface area contributed by atoms with E-state index in [1.54, 1.807) is 36.4 Å². The van der Waals surface area contributed by atoms with Crippen molar-refractivity contribution in [1.29, 1.82) is 0 Å². The number of halogens is 1. The predicted molar refractivity (Wildman–Crippen MR) is 139 cm³/mol. The van der Waals surface area contributed by atoms with Crippen molar-refractivity contribution in [3.8, 4) is 0 Å². The summed E-state index contributed by atoms with van der Waals surface area (Å²) in [6, 6.07) is 23.0. The molecule has 2 fully saturated rings. The highest BCUT2D eigenvalue weighted by Gasteiger charge is 2.50. The number of rotatable bonds is 6. The molecule has 3 aromatic carbocycles. The summed E-state index contributed by atoms with van der Waals surface area (Å²) in [6.45, 7) is -0.513. The van der Waals surface area contributed by atoms with E-state index >= 15 is 0 Å². The van der Waals surface area contributed by atoms with Crippen molar-refractivity contribution in [3.63, 3.8) is 0 Å². The molecule has 1 heterocycles. The fraction of sp³-hybridized carbons (Fsp3) is 0.241. The molecule has 0 bridgehead atoms. The Kier molecular flexibility index (Phi) is 7.06. The summed E-state index contributed by atoms with van der Waals surface area (Å²) in [5, 5.41) is 2.95. The van der Waals surface area contributed by atoms with Gasteiger partial charge in [-0.2, -0.15) is 0 Å². The maximum Gasteiger partial charge on any atom is 0.338 e. The SMILES string of the molecule is O=C(COC(=O)c1cccc(N2C(=O)[C@H]3C[C@H](c4ccccc4)CC[C@H]3C2=O)c1)Nc1ccccc1Cl. The Bertz CT molecular complexity index is 1360. The van der Waals surface area contributed by atoms with Crippen LogP contribution in [0.15, 0.2) is 78.9 Å². The molecule has 1 saturated carbocycles. The van der Waals surface area contributed by atoms with Gasteiger partial charge in [0.1, 0.15) is 0 Å². The lowest BCUT2D eigenvalue weighted by molar-refractivity contribution is -0.122. The highest BCUT2D eigenvalue weighted by Crippen LogP contribution is 2.45. The number of nitrogens with one attached hydrogen (secondary N) is 1. The lowest BCUT2D eigenvalue weighted by Crippen LogP contribution is -2.31. The first-order valence-electron chi connectivity index (χ1n) is 12.2. The molecular weight excluding hydrogens is 492 g/mol. The van der Waals surface area contributed by atoms with Gasteiger partial charge in [-0.25, -0.2) is 4.79 Å². The molecule has 3 aromatic rings. The van der Waals surface area contributed by atoms with Crippen molar-refractivity contribution in [2.75, 3.05) is 16.8 Å². The molecule has 1 aliphatic heterocycles. The van der Waals surface area contributed by atoms with E-state index in [-0.39, 0.29) is 35.1 Å². The number of nitrogens with zero attached hydrogens (tertiary/aromatic N) is 1. The van der Waals surface area contributed by atoms with Gasteiger partial charge in [0, 0.05) is 0 Å². The Hall–Kier alpha value is -3.97. The van der Waals surface area contributed by atoms with Gasteiger partial charge in [0.2, 0.25) is 11.8 Å². The molecule has 3 atom stereocenters. The molecule has 1 aliphatic carbocycles. The van der Waals surface area contributed by atoms with Gasteiger partial charge in [0.15, 0.2) is 6.61 Å². The molecule has 7 nitrogen and oxygen atoms in total. The van der Waals surface area contributed by atoms with Crippen molar-refractivity contribution < 1.29 is 23.9 Å². The first-order chi connectivity index (χ1) is 17.9. The number of carbonyl (C=O) groups is 4. The second-order valence-corrected chi connectivity index (χ2v) is 9.71. The average Bonchev–Trinajstić information content (AvgIpc) is 3.18. The van der Waals surface area contributed by atoms with Crippen molar-refractivity contribution in [3.05, 3.63) is 95.0 Å². The Balaban J connectivity index is 1.25. The normalized spacial score (nSPS) is 20.9. The maximum atomic E-state index is 13.3. The van der Waals surface area contributed by atoms with Crippen molar-refractivity contribution in [2.45, 2.75) is 25.2 Å². The Morgan fingerprint density at radius 2 is 1.62 bits per heavy atom. The summed E-state index contributed by atoms with van der Waals surface area (Å²) < 4.78 is 5.15. The van der Waals surface area contributed by atoms with E-state index in [1.165, 1.54) is 22.6 Å². The van der Waals surface area contributed by atoms with Crippen LogP contribution < -0.4 is 10.2 Å². The molecule has 0 radical (unpaired) electrons. The Morgan fingerprint density at radius 3 is 2.41 bits per heavy atom. The van der Waals surface area contributed by atoms with Crippen LogP contribution in [0.2, 0.25) is 5.02 Å². The zero-order chi connectivity index (χ0) is 25.9. The van der Waals surface area contributed by atoms with E-state index in [1.807, 2.05) is 18.2 Å². The third kappa shape index (κ3) is 5.13. The predicted octanol–water partition coefficient (Wildman–Crippen LogP) is 5.21. The quantitative estimate of drug-likeness (QED) is 0.358. The number of amides is 3. The minimum atomic E-state index is -0.739. The number of para-hydroxylation sites is 1. The minimum Gasteiger partial charge on any atom is -0.452 e. The second-order valence-electron chi connectivity index (χ2n) is 9.30. The largest absolute Gasteiger partial charge is 0.452 e. The Morgan fingerprint density at radius 1 is 0.892 bits per heavy atom. The summed E-state index contributed by atoms with van der Waals surface area (Å²) >= 11 is 6.03. The Labute approximate surface area is 219 Å². The standard InChI is InChI=1S/C29H25ClN2O5/c30-24-11-4-5-12-25(24)31-26(33)17-37-29(36)20-9-6-10-21(15-20)32-27(34)22-14-13-19(16-23(22)28(32)35)18-7-2-1-3-8-18/h1-12,15,19,22-23H,13-14,16-17H2,(H,31,33)/t19-,22-,23+/m1/s1.